The molecule has 4 rings (SSSR count). The first-order chi connectivity index (χ1) is 14.4. The fourth-order valence-corrected chi connectivity index (χ4v) is 4.17. The topological polar surface area (TPSA) is 52.2 Å². The highest BCUT2D eigenvalue weighted by Gasteiger charge is 2.13. The molecule has 0 atom stereocenters. The molecule has 0 unspecified atom stereocenters. The van der Waals surface area contributed by atoms with Gasteiger partial charge in [-0.2, -0.15) is 9.78 Å². The van der Waals surface area contributed by atoms with Crippen molar-refractivity contribution in [2.75, 3.05) is 0 Å². The van der Waals surface area contributed by atoms with Gasteiger partial charge in [-0.1, -0.05) is 46.6 Å². The van der Waals surface area contributed by atoms with Gasteiger partial charge in [0.05, 0.1) is 27.8 Å². The number of halogens is 2. The summed E-state index contributed by atoms with van der Waals surface area (Å²) in [5.74, 6) is 0.617. The van der Waals surface area contributed by atoms with Crippen LogP contribution in [-0.4, -0.2) is 20.4 Å². The Bertz CT molecular complexity index is 1350. The second kappa shape index (κ2) is 8.20. The second-order valence-corrected chi connectivity index (χ2v) is 8.34. The van der Waals surface area contributed by atoms with Crippen molar-refractivity contribution in [3.8, 4) is 5.69 Å². The molecule has 2 aromatic carbocycles. The lowest BCUT2D eigenvalue weighted by atomic mass is 10.2. The molecule has 0 aliphatic heterocycles. The van der Waals surface area contributed by atoms with E-state index in [-0.39, 0.29) is 5.56 Å². The van der Waals surface area contributed by atoms with Crippen LogP contribution in [0.3, 0.4) is 0 Å². The average Bonchev–Trinajstić information content (AvgIpc) is 3.01. The summed E-state index contributed by atoms with van der Waals surface area (Å²) in [7, 11) is 0. The lowest BCUT2D eigenvalue weighted by Gasteiger charge is -2.11. The number of para-hydroxylation sites is 1. The third-order valence-electron chi connectivity index (χ3n) is 5.07. The van der Waals surface area contributed by atoms with Gasteiger partial charge >= 0.3 is 0 Å². The molecule has 4 aromatic rings. The molecule has 0 saturated heterocycles. The summed E-state index contributed by atoms with van der Waals surface area (Å²) in [6.45, 7) is 5.99. The van der Waals surface area contributed by atoms with Crippen LogP contribution in [0, 0.1) is 13.8 Å². The Morgan fingerprint density at radius 2 is 1.93 bits per heavy atom. The van der Waals surface area contributed by atoms with Crippen LogP contribution in [0.1, 0.15) is 29.7 Å². The molecule has 2 heterocycles. The summed E-state index contributed by atoms with van der Waals surface area (Å²) in [6, 6.07) is 15.2. The van der Waals surface area contributed by atoms with Crippen molar-refractivity contribution in [2.24, 2.45) is 5.10 Å². The Morgan fingerprint density at radius 1 is 1.17 bits per heavy atom. The molecule has 5 nitrogen and oxygen atoms in total. The molecule has 0 fully saturated rings. The van der Waals surface area contributed by atoms with Gasteiger partial charge in [-0.05, 0) is 50.2 Å². The quantitative estimate of drug-likeness (QED) is 0.351. The molecular weight excluding hydrogens is 464 g/mol. The maximum atomic E-state index is 13.1. The van der Waals surface area contributed by atoms with Crippen molar-refractivity contribution >= 4 is 44.6 Å². The summed E-state index contributed by atoms with van der Waals surface area (Å²) >= 11 is 9.82. The Kier molecular flexibility index (Phi) is 5.62. The highest BCUT2D eigenvalue weighted by atomic mass is 79.9. The molecule has 0 bridgehead atoms. The van der Waals surface area contributed by atoms with Gasteiger partial charge in [0.2, 0.25) is 0 Å². The lowest BCUT2D eigenvalue weighted by Crippen LogP contribution is -2.22. The van der Waals surface area contributed by atoms with E-state index in [4.69, 9.17) is 11.6 Å². The predicted molar refractivity (Wildman–Crippen MR) is 126 cm³/mol. The molecule has 7 heteroatoms. The molecule has 0 amide bonds. The maximum absolute atomic E-state index is 13.1. The van der Waals surface area contributed by atoms with Crippen molar-refractivity contribution in [1.29, 1.82) is 0 Å². The smallest absolute Gasteiger partial charge is 0.282 e. The molecule has 0 radical (unpaired) electrons. The van der Waals surface area contributed by atoms with Crippen LogP contribution < -0.4 is 5.56 Å². The Labute approximate surface area is 187 Å². The summed E-state index contributed by atoms with van der Waals surface area (Å²) in [5, 5.41) is 5.72. The van der Waals surface area contributed by atoms with Crippen LogP contribution >= 0.6 is 27.5 Å². The van der Waals surface area contributed by atoms with Crippen LogP contribution in [0.25, 0.3) is 16.6 Å². The number of aromatic nitrogens is 3. The highest BCUT2D eigenvalue weighted by molar-refractivity contribution is 9.10. The molecule has 30 heavy (non-hydrogen) atoms. The van der Waals surface area contributed by atoms with E-state index in [2.05, 4.69) is 30.6 Å². The van der Waals surface area contributed by atoms with Crippen molar-refractivity contribution in [2.45, 2.75) is 27.2 Å². The van der Waals surface area contributed by atoms with Crippen molar-refractivity contribution < 1.29 is 0 Å². The van der Waals surface area contributed by atoms with Crippen molar-refractivity contribution in [1.82, 2.24) is 14.2 Å². The lowest BCUT2D eigenvalue weighted by molar-refractivity contribution is 0.734. The molecule has 0 aliphatic carbocycles. The minimum absolute atomic E-state index is 0.186. The summed E-state index contributed by atoms with van der Waals surface area (Å²) in [4.78, 5) is 17.7. The first kappa shape index (κ1) is 20.6. The van der Waals surface area contributed by atoms with Crippen molar-refractivity contribution in [3.63, 3.8) is 0 Å². The largest absolute Gasteiger partial charge is 0.316 e. The van der Waals surface area contributed by atoms with E-state index in [1.807, 2.05) is 63.2 Å². The Hall–Kier alpha value is -2.70. The zero-order valence-electron chi connectivity index (χ0n) is 16.9. The number of fused-ring (bicyclic) bond motifs is 1. The molecule has 152 valence electrons. The number of hydrogen-bond donors (Lipinski definition) is 0. The van der Waals surface area contributed by atoms with Gasteiger partial charge in [-0.15, -0.1) is 0 Å². The van der Waals surface area contributed by atoms with Crippen LogP contribution in [-0.2, 0) is 6.42 Å². The minimum atomic E-state index is -0.186. The summed E-state index contributed by atoms with van der Waals surface area (Å²) < 4.78 is 4.30. The second-order valence-electron chi connectivity index (χ2n) is 7.02. The Morgan fingerprint density at radius 3 is 2.67 bits per heavy atom. The highest BCUT2D eigenvalue weighted by Crippen LogP contribution is 2.25. The number of hydrogen-bond acceptors (Lipinski definition) is 3. The van der Waals surface area contributed by atoms with E-state index in [1.165, 1.54) is 4.68 Å². The SMILES string of the molecule is CCc1nc2ccc(Br)cc2c(=O)n1N=Cc1cc(C)n(-c2ccccc2Cl)c1C. The molecule has 0 spiro atoms. The third kappa shape index (κ3) is 3.61. The first-order valence-electron chi connectivity index (χ1n) is 9.60. The zero-order valence-corrected chi connectivity index (χ0v) is 19.2. The van der Waals surface area contributed by atoms with E-state index in [9.17, 15) is 4.79 Å². The van der Waals surface area contributed by atoms with Gasteiger partial charge in [-0.25, -0.2) is 4.98 Å². The van der Waals surface area contributed by atoms with E-state index in [1.54, 1.807) is 12.3 Å². The van der Waals surface area contributed by atoms with E-state index in [0.717, 1.165) is 27.1 Å². The van der Waals surface area contributed by atoms with Crippen LogP contribution in [0.15, 0.2) is 62.9 Å². The number of aryl methyl sites for hydroxylation is 2. The normalized spacial score (nSPS) is 11.6. The van der Waals surface area contributed by atoms with E-state index in [0.29, 0.717) is 28.2 Å². The number of rotatable bonds is 4. The standard InChI is InChI=1S/C23H20BrClN4O/c1-4-22-27-20-10-9-17(24)12-18(20)23(30)29(22)26-13-16-11-14(2)28(15(16)3)21-8-6-5-7-19(21)25/h5-13H,4H2,1-3H3. The van der Waals surface area contributed by atoms with Gasteiger partial charge < -0.3 is 4.57 Å². The van der Waals surface area contributed by atoms with Gasteiger partial charge in [0.1, 0.15) is 5.82 Å². The molecule has 0 saturated carbocycles. The van der Waals surface area contributed by atoms with E-state index < -0.39 is 0 Å². The van der Waals surface area contributed by atoms with Gasteiger partial charge in [0, 0.05) is 27.8 Å². The molecule has 0 N–H and O–H groups in total. The fraction of sp³-hybridized carbons (Fsp3) is 0.174. The minimum Gasteiger partial charge on any atom is -0.316 e. The number of nitrogens with zero attached hydrogens (tertiary/aromatic N) is 4. The van der Waals surface area contributed by atoms with E-state index >= 15 is 0 Å². The monoisotopic (exact) mass is 482 g/mol. The Balaban J connectivity index is 1.83. The molecule has 2 aromatic heterocycles. The van der Waals surface area contributed by atoms with Gasteiger partial charge in [-0.3, -0.25) is 4.79 Å². The first-order valence-corrected chi connectivity index (χ1v) is 10.8. The number of benzene rings is 2. The fourth-order valence-electron chi connectivity index (χ4n) is 3.58. The summed E-state index contributed by atoms with van der Waals surface area (Å²) in [5.41, 5.74) is 4.34. The van der Waals surface area contributed by atoms with Crippen molar-refractivity contribution in [3.05, 3.63) is 91.2 Å². The van der Waals surface area contributed by atoms with Crippen LogP contribution in [0.4, 0.5) is 0 Å². The zero-order chi connectivity index (χ0) is 21.4. The predicted octanol–water partition coefficient (Wildman–Crippen LogP) is 5.66. The molecular formula is C23H20BrClN4O. The maximum Gasteiger partial charge on any atom is 0.282 e. The summed E-state index contributed by atoms with van der Waals surface area (Å²) in [6.07, 6.45) is 2.30. The van der Waals surface area contributed by atoms with Gasteiger partial charge in [0.15, 0.2) is 0 Å². The van der Waals surface area contributed by atoms with Crippen LogP contribution in [0.5, 0.6) is 0 Å². The van der Waals surface area contributed by atoms with Gasteiger partial charge in [0.25, 0.3) is 5.56 Å². The van der Waals surface area contributed by atoms with Crippen LogP contribution in [0.2, 0.25) is 5.02 Å². The molecule has 0 aliphatic rings. The third-order valence-corrected chi connectivity index (χ3v) is 5.88. The average molecular weight is 484 g/mol.